The molecule has 9 heteroatoms. The molecule has 0 radical (unpaired) electrons. The van der Waals surface area contributed by atoms with Gasteiger partial charge in [-0.25, -0.2) is 0 Å². The molecule has 0 aliphatic rings. The van der Waals surface area contributed by atoms with Crippen molar-refractivity contribution in [2.24, 2.45) is 5.10 Å². The van der Waals surface area contributed by atoms with E-state index in [1.165, 1.54) is 38.6 Å². The van der Waals surface area contributed by atoms with E-state index in [-0.39, 0.29) is 10.6 Å². The van der Waals surface area contributed by atoms with Crippen molar-refractivity contribution in [3.8, 4) is 22.8 Å². The van der Waals surface area contributed by atoms with Crippen LogP contribution in [0.25, 0.3) is 11.3 Å². The smallest absolute Gasteiger partial charge is 0.280 e. The van der Waals surface area contributed by atoms with Crippen molar-refractivity contribution in [3.05, 3.63) is 60.3 Å². The molecule has 0 amide bonds. The number of methoxy groups -OCH3 is 2. The van der Waals surface area contributed by atoms with Crippen LogP contribution < -0.4 is 14.3 Å². The number of aromatic amines is 1. The molecule has 0 aliphatic heterocycles. The number of H-pyrrole nitrogens is 1. The fourth-order valence-electron chi connectivity index (χ4n) is 2.44. The molecule has 0 spiro atoms. The van der Waals surface area contributed by atoms with E-state index in [0.29, 0.717) is 11.3 Å². The number of sulfonamides is 1. The molecule has 3 aromatic rings. The second-order valence-electron chi connectivity index (χ2n) is 5.44. The Bertz CT molecular complexity index is 1050. The summed E-state index contributed by atoms with van der Waals surface area (Å²) in [5.74, 6) is 0.644. The van der Waals surface area contributed by atoms with Crippen LogP contribution in [0.4, 0.5) is 0 Å². The van der Waals surface area contributed by atoms with Crippen molar-refractivity contribution in [3.63, 3.8) is 0 Å². The molecule has 0 atom stereocenters. The van der Waals surface area contributed by atoms with Gasteiger partial charge in [0.05, 0.1) is 32.3 Å². The minimum absolute atomic E-state index is 0.0431. The molecule has 27 heavy (non-hydrogen) atoms. The average molecular weight is 386 g/mol. The first-order valence-corrected chi connectivity index (χ1v) is 9.39. The molecule has 0 bridgehead atoms. The first kappa shape index (κ1) is 18.5. The summed E-state index contributed by atoms with van der Waals surface area (Å²) in [5.41, 5.74) is 2.29. The zero-order chi connectivity index (χ0) is 19.3. The Morgan fingerprint density at radius 1 is 1.11 bits per heavy atom. The van der Waals surface area contributed by atoms with Crippen LogP contribution in [-0.2, 0) is 10.0 Å². The Morgan fingerprint density at radius 2 is 1.89 bits per heavy atom. The van der Waals surface area contributed by atoms with Crippen LogP contribution in [0.2, 0.25) is 0 Å². The average Bonchev–Trinajstić information content (AvgIpc) is 3.16. The summed E-state index contributed by atoms with van der Waals surface area (Å²) in [6, 6.07) is 13.9. The van der Waals surface area contributed by atoms with Crippen LogP contribution in [0.3, 0.4) is 0 Å². The number of nitrogens with zero attached hydrogens (tertiary/aromatic N) is 2. The summed E-state index contributed by atoms with van der Waals surface area (Å²) < 4.78 is 35.3. The van der Waals surface area contributed by atoms with Crippen molar-refractivity contribution in [2.45, 2.75) is 4.90 Å². The summed E-state index contributed by atoms with van der Waals surface area (Å²) in [7, 11) is -1.05. The maximum atomic E-state index is 12.5. The van der Waals surface area contributed by atoms with Gasteiger partial charge in [-0.1, -0.05) is 30.3 Å². The normalized spacial score (nSPS) is 11.5. The number of hydrazone groups is 1. The molecular weight excluding hydrogens is 368 g/mol. The topological polar surface area (TPSA) is 106 Å². The van der Waals surface area contributed by atoms with E-state index in [2.05, 4.69) is 20.1 Å². The van der Waals surface area contributed by atoms with Gasteiger partial charge >= 0.3 is 0 Å². The van der Waals surface area contributed by atoms with E-state index in [4.69, 9.17) is 9.47 Å². The van der Waals surface area contributed by atoms with Crippen LogP contribution in [0.5, 0.6) is 11.5 Å². The Labute approximate surface area is 156 Å². The monoisotopic (exact) mass is 386 g/mol. The van der Waals surface area contributed by atoms with E-state index in [1.54, 1.807) is 6.20 Å². The molecule has 0 unspecified atom stereocenters. The fraction of sp³-hybridized carbons (Fsp3) is 0.111. The molecule has 0 saturated carbocycles. The van der Waals surface area contributed by atoms with Crippen molar-refractivity contribution in [1.82, 2.24) is 15.0 Å². The minimum Gasteiger partial charge on any atom is -0.497 e. The lowest BCUT2D eigenvalue weighted by Gasteiger charge is -2.10. The molecule has 2 N–H and O–H groups in total. The van der Waals surface area contributed by atoms with Gasteiger partial charge < -0.3 is 9.47 Å². The van der Waals surface area contributed by atoms with E-state index in [0.717, 1.165) is 11.3 Å². The van der Waals surface area contributed by atoms with Gasteiger partial charge in [0.15, 0.2) is 0 Å². The van der Waals surface area contributed by atoms with E-state index >= 15 is 0 Å². The first-order valence-electron chi connectivity index (χ1n) is 7.91. The minimum atomic E-state index is -3.92. The van der Waals surface area contributed by atoms with Gasteiger partial charge in [0.1, 0.15) is 16.4 Å². The van der Waals surface area contributed by atoms with Crippen molar-refractivity contribution in [2.75, 3.05) is 14.2 Å². The largest absolute Gasteiger partial charge is 0.497 e. The Morgan fingerprint density at radius 3 is 2.59 bits per heavy atom. The second kappa shape index (κ2) is 7.92. The number of hydrogen-bond acceptors (Lipinski definition) is 6. The maximum absolute atomic E-state index is 12.5. The van der Waals surface area contributed by atoms with E-state index in [9.17, 15) is 8.42 Å². The SMILES string of the molecule is COc1ccc(S(=O)(=O)N/N=C/c2cn[nH]c2-c2ccccc2)c(OC)c1. The highest BCUT2D eigenvalue weighted by Gasteiger charge is 2.19. The summed E-state index contributed by atoms with van der Waals surface area (Å²) in [4.78, 5) is 2.14. The van der Waals surface area contributed by atoms with Crippen molar-refractivity contribution in [1.29, 1.82) is 0 Å². The Kier molecular flexibility index (Phi) is 5.41. The molecule has 1 aromatic heterocycles. The number of aromatic nitrogens is 2. The predicted molar refractivity (Wildman–Crippen MR) is 101 cm³/mol. The standard InChI is InChI=1S/C18H18N4O4S/c1-25-15-8-9-17(16(10-15)26-2)27(23,24)22-20-12-14-11-19-21-18(14)13-6-4-3-5-7-13/h3-12,22H,1-2H3,(H,19,21)/b20-12+. The van der Waals surface area contributed by atoms with Crippen LogP contribution in [0, 0.1) is 0 Å². The third kappa shape index (κ3) is 4.09. The Balaban J connectivity index is 1.82. The number of nitrogens with one attached hydrogen (secondary N) is 2. The molecule has 140 valence electrons. The van der Waals surface area contributed by atoms with E-state index in [1.807, 2.05) is 30.3 Å². The fourth-order valence-corrected chi connectivity index (χ4v) is 3.38. The maximum Gasteiger partial charge on any atom is 0.280 e. The number of rotatable bonds is 7. The van der Waals surface area contributed by atoms with Gasteiger partial charge in [-0.15, -0.1) is 0 Å². The van der Waals surface area contributed by atoms with Crippen molar-refractivity contribution < 1.29 is 17.9 Å². The zero-order valence-electron chi connectivity index (χ0n) is 14.7. The first-order chi connectivity index (χ1) is 13.0. The summed E-state index contributed by atoms with van der Waals surface area (Å²) >= 11 is 0. The lowest BCUT2D eigenvalue weighted by atomic mass is 10.1. The summed E-state index contributed by atoms with van der Waals surface area (Å²) in [6.45, 7) is 0. The van der Waals surface area contributed by atoms with Crippen LogP contribution in [-0.4, -0.2) is 39.0 Å². The summed E-state index contributed by atoms with van der Waals surface area (Å²) in [6.07, 6.45) is 2.95. The lowest BCUT2D eigenvalue weighted by molar-refractivity contribution is 0.386. The quantitative estimate of drug-likeness (QED) is 0.479. The molecular formula is C18H18N4O4S. The lowest BCUT2D eigenvalue weighted by Crippen LogP contribution is -2.19. The Hall–Kier alpha value is -3.33. The molecule has 0 fully saturated rings. The van der Waals surface area contributed by atoms with Gasteiger partial charge in [0.25, 0.3) is 10.0 Å². The number of hydrogen-bond donors (Lipinski definition) is 2. The molecule has 8 nitrogen and oxygen atoms in total. The van der Waals surface area contributed by atoms with Gasteiger partial charge in [0, 0.05) is 17.2 Å². The third-order valence-corrected chi connectivity index (χ3v) is 5.03. The predicted octanol–water partition coefficient (Wildman–Crippen LogP) is 2.41. The number of benzene rings is 2. The molecule has 3 rings (SSSR count). The highest BCUT2D eigenvalue weighted by Crippen LogP contribution is 2.28. The van der Waals surface area contributed by atoms with Gasteiger partial charge in [-0.3, -0.25) is 5.10 Å². The third-order valence-electron chi connectivity index (χ3n) is 3.77. The number of ether oxygens (including phenoxy) is 2. The molecule has 0 saturated heterocycles. The molecule has 2 aromatic carbocycles. The van der Waals surface area contributed by atoms with Crippen LogP contribution in [0.1, 0.15) is 5.56 Å². The highest BCUT2D eigenvalue weighted by atomic mass is 32.2. The van der Waals surface area contributed by atoms with E-state index < -0.39 is 10.0 Å². The van der Waals surface area contributed by atoms with Gasteiger partial charge in [0.2, 0.25) is 0 Å². The van der Waals surface area contributed by atoms with Gasteiger partial charge in [-0.2, -0.15) is 23.4 Å². The van der Waals surface area contributed by atoms with Crippen LogP contribution >= 0.6 is 0 Å². The molecule has 1 heterocycles. The zero-order valence-corrected chi connectivity index (χ0v) is 15.5. The highest BCUT2D eigenvalue weighted by molar-refractivity contribution is 7.89. The summed E-state index contributed by atoms with van der Waals surface area (Å²) in [5, 5.41) is 10.7. The second-order valence-corrected chi connectivity index (χ2v) is 7.07. The van der Waals surface area contributed by atoms with Crippen molar-refractivity contribution >= 4 is 16.2 Å². The van der Waals surface area contributed by atoms with Crippen LogP contribution in [0.15, 0.2) is 64.7 Å². The molecule has 0 aliphatic carbocycles. The van der Waals surface area contributed by atoms with Gasteiger partial charge in [-0.05, 0) is 12.1 Å².